The van der Waals surface area contributed by atoms with E-state index >= 15 is 0 Å². The van der Waals surface area contributed by atoms with Gasteiger partial charge >= 0.3 is 5.69 Å². The summed E-state index contributed by atoms with van der Waals surface area (Å²) in [4.78, 5) is 24.2. The van der Waals surface area contributed by atoms with E-state index in [9.17, 15) is 20.1 Å². The Hall–Kier alpha value is -4.31. The predicted molar refractivity (Wildman–Crippen MR) is 111 cm³/mol. The molecule has 2 aromatic heterocycles. The molecule has 2 heterocycles. The second-order valence-corrected chi connectivity index (χ2v) is 6.64. The molecule has 1 aromatic carbocycles. The molecule has 0 amide bonds. The molecular formula is C20H20N8O2. The van der Waals surface area contributed by atoms with Crippen LogP contribution in [0.25, 0.3) is 5.69 Å². The number of aryl methyl sites for hydroxylation is 1. The standard InChI is InChI=1S/C20H20N8O2/c1-26-18(15(12-22)19(29)27(2)20(26)30)24-10-6-9-16-14(11-21)17(23)28(25-16)13-7-4-3-5-8-13/h3-5,7-8,24H,6,9-10,23H2,1-2H3. The topological polar surface area (TPSA) is 147 Å². The van der Waals surface area contributed by atoms with Gasteiger partial charge in [0.1, 0.15) is 29.3 Å². The van der Waals surface area contributed by atoms with Crippen molar-refractivity contribution < 1.29 is 0 Å². The Labute approximate surface area is 172 Å². The van der Waals surface area contributed by atoms with Crippen LogP contribution >= 0.6 is 0 Å². The number of nitrogens with one attached hydrogen (secondary N) is 1. The molecule has 30 heavy (non-hydrogen) atoms. The molecule has 0 atom stereocenters. The van der Waals surface area contributed by atoms with Crippen LogP contribution in [0.4, 0.5) is 11.6 Å². The maximum atomic E-state index is 12.1. The third-order valence-electron chi connectivity index (χ3n) is 4.77. The summed E-state index contributed by atoms with van der Waals surface area (Å²) in [5, 5.41) is 26.2. The molecule has 0 aliphatic heterocycles. The number of nitrogens with two attached hydrogens (primary N) is 1. The van der Waals surface area contributed by atoms with E-state index in [0.29, 0.717) is 30.6 Å². The van der Waals surface area contributed by atoms with Crippen LogP contribution in [0.15, 0.2) is 39.9 Å². The van der Waals surface area contributed by atoms with Gasteiger partial charge in [0, 0.05) is 20.6 Å². The smallest absolute Gasteiger partial charge is 0.332 e. The van der Waals surface area contributed by atoms with Crippen LogP contribution in [0.1, 0.15) is 23.2 Å². The minimum atomic E-state index is -0.649. The van der Waals surface area contributed by atoms with E-state index in [4.69, 9.17) is 5.73 Å². The first-order valence-corrected chi connectivity index (χ1v) is 9.17. The molecule has 152 valence electrons. The Morgan fingerprint density at radius 1 is 1.07 bits per heavy atom. The van der Waals surface area contributed by atoms with Crippen LogP contribution in [0, 0.1) is 22.7 Å². The minimum Gasteiger partial charge on any atom is -0.382 e. The third-order valence-corrected chi connectivity index (χ3v) is 4.77. The van der Waals surface area contributed by atoms with Gasteiger partial charge in [0.05, 0.1) is 11.4 Å². The molecule has 3 rings (SSSR count). The Bertz CT molecular complexity index is 1290. The van der Waals surface area contributed by atoms with Crippen LogP contribution in [-0.4, -0.2) is 25.5 Å². The zero-order valence-electron chi connectivity index (χ0n) is 16.6. The summed E-state index contributed by atoms with van der Waals surface area (Å²) in [7, 11) is 2.81. The molecule has 0 saturated carbocycles. The van der Waals surface area contributed by atoms with E-state index in [2.05, 4.69) is 16.5 Å². The number of benzene rings is 1. The molecule has 0 aliphatic carbocycles. The Kier molecular flexibility index (Phi) is 5.70. The second-order valence-electron chi connectivity index (χ2n) is 6.64. The van der Waals surface area contributed by atoms with E-state index in [1.54, 1.807) is 0 Å². The maximum Gasteiger partial charge on any atom is 0.332 e. The summed E-state index contributed by atoms with van der Waals surface area (Å²) in [6.45, 7) is 0.359. The van der Waals surface area contributed by atoms with Gasteiger partial charge in [-0.05, 0) is 25.0 Å². The highest BCUT2D eigenvalue weighted by atomic mass is 16.2. The number of hydrogen-bond acceptors (Lipinski definition) is 7. The van der Waals surface area contributed by atoms with Crippen LogP contribution in [0.5, 0.6) is 0 Å². The number of hydrogen-bond donors (Lipinski definition) is 2. The molecule has 0 spiro atoms. The van der Waals surface area contributed by atoms with Gasteiger partial charge < -0.3 is 11.1 Å². The van der Waals surface area contributed by atoms with Crippen LogP contribution < -0.4 is 22.3 Å². The minimum absolute atomic E-state index is 0.130. The molecule has 0 radical (unpaired) electrons. The van der Waals surface area contributed by atoms with Crippen molar-refractivity contribution in [2.24, 2.45) is 14.1 Å². The van der Waals surface area contributed by atoms with Crippen molar-refractivity contribution in [2.75, 3.05) is 17.6 Å². The first kappa shape index (κ1) is 20.4. The third kappa shape index (κ3) is 3.54. The molecule has 0 fully saturated rings. The normalized spacial score (nSPS) is 10.4. The van der Waals surface area contributed by atoms with Crippen molar-refractivity contribution >= 4 is 11.6 Å². The molecular weight excluding hydrogens is 384 g/mol. The fourth-order valence-corrected chi connectivity index (χ4v) is 3.16. The van der Waals surface area contributed by atoms with Gasteiger partial charge in [-0.25, -0.2) is 9.48 Å². The van der Waals surface area contributed by atoms with E-state index in [0.717, 1.165) is 10.3 Å². The molecule has 10 heteroatoms. The quantitative estimate of drug-likeness (QED) is 0.573. The van der Waals surface area contributed by atoms with Gasteiger partial charge in [-0.1, -0.05) is 18.2 Å². The SMILES string of the molecule is Cn1c(NCCCc2nn(-c3ccccc3)c(N)c2C#N)c(C#N)c(=O)n(C)c1=O. The number of nitrogen functional groups attached to an aromatic ring is 1. The number of nitriles is 2. The Balaban J connectivity index is 1.78. The number of para-hydroxylation sites is 1. The largest absolute Gasteiger partial charge is 0.382 e. The molecule has 10 nitrogen and oxygen atoms in total. The highest BCUT2D eigenvalue weighted by Crippen LogP contribution is 2.21. The van der Waals surface area contributed by atoms with Crippen molar-refractivity contribution in [3.05, 3.63) is 68.0 Å². The van der Waals surface area contributed by atoms with Gasteiger partial charge in [0.2, 0.25) is 0 Å². The lowest BCUT2D eigenvalue weighted by Gasteiger charge is -2.13. The number of nitrogens with zero attached hydrogens (tertiary/aromatic N) is 6. The first-order valence-electron chi connectivity index (χ1n) is 9.17. The molecule has 0 unspecified atom stereocenters. The maximum absolute atomic E-state index is 12.1. The average Bonchev–Trinajstić information content (AvgIpc) is 3.08. The van der Waals surface area contributed by atoms with Crippen LogP contribution in [-0.2, 0) is 20.5 Å². The van der Waals surface area contributed by atoms with E-state index in [1.165, 1.54) is 23.3 Å². The second kappa shape index (κ2) is 8.37. The van der Waals surface area contributed by atoms with Crippen LogP contribution in [0.3, 0.4) is 0 Å². The van der Waals surface area contributed by atoms with Crippen molar-refractivity contribution in [3.8, 4) is 17.8 Å². The van der Waals surface area contributed by atoms with Crippen molar-refractivity contribution in [2.45, 2.75) is 12.8 Å². The molecule has 0 bridgehead atoms. The average molecular weight is 404 g/mol. The van der Waals surface area contributed by atoms with E-state index in [1.807, 2.05) is 36.4 Å². The lowest BCUT2D eigenvalue weighted by Crippen LogP contribution is -2.40. The van der Waals surface area contributed by atoms with Gasteiger partial charge in [-0.2, -0.15) is 15.6 Å². The van der Waals surface area contributed by atoms with E-state index < -0.39 is 11.2 Å². The number of aromatic nitrogens is 4. The zero-order chi connectivity index (χ0) is 21.8. The van der Waals surface area contributed by atoms with E-state index in [-0.39, 0.29) is 17.2 Å². The van der Waals surface area contributed by atoms with Crippen LogP contribution in [0.2, 0.25) is 0 Å². The molecule has 0 saturated heterocycles. The number of rotatable bonds is 6. The fraction of sp³-hybridized carbons (Fsp3) is 0.250. The predicted octanol–water partition coefficient (Wildman–Crippen LogP) is 0.640. The van der Waals surface area contributed by atoms with Crippen molar-refractivity contribution in [3.63, 3.8) is 0 Å². The van der Waals surface area contributed by atoms with Gasteiger partial charge in [-0.3, -0.25) is 13.9 Å². The lowest BCUT2D eigenvalue weighted by atomic mass is 10.1. The van der Waals surface area contributed by atoms with Crippen molar-refractivity contribution in [1.82, 2.24) is 18.9 Å². The molecule has 0 aliphatic rings. The summed E-state index contributed by atoms with van der Waals surface area (Å²) in [6.07, 6.45) is 0.981. The summed E-state index contributed by atoms with van der Waals surface area (Å²) in [6, 6.07) is 13.2. The zero-order valence-corrected chi connectivity index (χ0v) is 16.6. The summed E-state index contributed by atoms with van der Waals surface area (Å²) in [5.74, 6) is 0.438. The highest BCUT2D eigenvalue weighted by Gasteiger charge is 2.17. The molecule has 3 N–H and O–H groups in total. The Morgan fingerprint density at radius 2 is 1.73 bits per heavy atom. The lowest BCUT2D eigenvalue weighted by molar-refractivity contribution is 0.682. The number of anilines is 2. The summed E-state index contributed by atoms with van der Waals surface area (Å²) in [5.41, 5.74) is 6.42. The Morgan fingerprint density at radius 3 is 2.37 bits per heavy atom. The highest BCUT2D eigenvalue weighted by molar-refractivity contribution is 5.56. The fourth-order valence-electron chi connectivity index (χ4n) is 3.16. The summed E-state index contributed by atoms with van der Waals surface area (Å²) >= 11 is 0. The first-order chi connectivity index (χ1) is 14.4. The monoisotopic (exact) mass is 404 g/mol. The van der Waals surface area contributed by atoms with Crippen molar-refractivity contribution in [1.29, 1.82) is 10.5 Å². The van der Waals surface area contributed by atoms with Gasteiger partial charge in [0.25, 0.3) is 5.56 Å². The molecule has 3 aromatic rings. The van der Waals surface area contributed by atoms with Gasteiger partial charge in [-0.15, -0.1) is 0 Å². The summed E-state index contributed by atoms with van der Waals surface area (Å²) < 4.78 is 3.64. The van der Waals surface area contributed by atoms with Gasteiger partial charge in [0.15, 0.2) is 5.56 Å².